The van der Waals surface area contributed by atoms with Crippen LogP contribution >= 0.6 is 0 Å². The van der Waals surface area contributed by atoms with Gasteiger partial charge in [-0.3, -0.25) is 14.3 Å². The van der Waals surface area contributed by atoms with Gasteiger partial charge in [0.25, 0.3) is 5.91 Å². The Morgan fingerprint density at radius 3 is 2.52 bits per heavy atom. The third kappa shape index (κ3) is 5.08. The van der Waals surface area contributed by atoms with E-state index in [9.17, 15) is 14.4 Å². The highest BCUT2D eigenvalue weighted by atomic mass is 16.5. The Balaban J connectivity index is 2.61. The van der Waals surface area contributed by atoms with Crippen LogP contribution in [0.25, 0.3) is 0 Å². The number of hydrogen-bond acceptors (Lipinski definition) is 5. The van der Waals surface area contributed by atoms with Crippen molar-refractivity contribution in [1.82, 2.24) is 20.4 Å². The molecule has 0 radical (unpaired) electrons. The first kappa shape index (κ1) is 18.7. The third-order valence-corrected chi connectivity index (χ3v) is 3.28. The molecule has 1 aromatic rings. The number of carbonyl (C=O) groups is 3. The number of nitrogens with one attached hydrogen (secondary N) is 2. The lowest BCUT2D eigenvalue weighted by Gasteiger charge is -2.19. The number of esters is 1. The zero-order valence-corrected chi connectivity index (χ0v) is 14.2. The molecule has 1 rings (SSSR count). The minimum absolute atomic E-state index is 0.119. The number of aryl methyl sites for hydroxylation is 2. The van der Waals surface area contributed by atoms with E-state index in [0.29, 0.717) is 12.2 Å². The quantitative estimate of drug-likeness (QED) is 0.700. The molecule has 0 spiro atoms. The van der Waals surface area contributed by atoms with E-state index in [-0.39, 0.29) is 18.4 Å². The summed E-state index contributed by atoms with van der Waals surface area (Å²) in [5.74, 6) is -1.48. The molecule has 1 atom stereocenters. The van der Waals surface area contributed by atoms with Gasteiger partial charge in [-0.05, 0) is 25.8 Å². The lowest BCUT2D eigenvalue weighted by molar-refractivity contribution is -0.146. The molecular formula is C15H24N4O4. The zero-order valence-electron chi connectivity index (χ0n) is 14.2. The molecule has 128 valence electrons. The normalized spacial score (nSPS) is 11.9. The Kier molecular flexibility index (Phi) is 6.74. The molecule has 1 heterocycles. The van der Waals surface area contributed by atoms with Crippen LogP contribution in [0.15, 0.2) is 6.07 Å². The average molecular weight is 324 g/mol. The molecule has 1 aromatic heterocycles. The van der Waals surface area contributed by atoms with E-state index in [1.54, 1.807) is 31.5 Å². The Labute approximate surface area is 135 Å². The molecule has 23 heavy (non-hydrogen) atoms. The summed E-state index contributed by atoms with van der Waals surface area (Å²) in [7, 11) is 1.26. The van der Waals surface area contributed by atoms with Crippen LogP contribution in [0, 0.1) is 12.8 Å². The Hall–Kier alpha value is -2.38. The number of methoxy groups -OCH3 is 1. The smallest absolute Gasteiger partial charge is 0.328 e. The van der Waals surface area contributed by atoms with Gasteiger partial charge in [-0.15, -0.1) is 0 Å². The first-order valence-corrected chi connectivity index (χ1v) is 7.50. The molecule has 0 saturated carbocycles. The maximum Gasteiger partial charge on any atom is 0.328 e. The van der Waals surface area contributed by atoms with Gasteiger partial charge in [0.15, 0.2) is 0 Å². The fraction of sp³-hybridized carbons (Fsp3) is 0.600. The van der Waals surface area contributed by atoms with Gasteiger partial charge in [-0.2, -0.15) is 5.10 Å². The highest BCUT2D eigenvalue weighted by Gasteiger charge is 2.25. The van der Waals surface area contributed by atoms with E-state index in [4.69, 9.17) is 0 Å². The predicted molar refractivity (Wildman–Crippen MR) is 83.8 cm³/mol. The summed E-state index contributed by atoms with van der Waals surface area (Å²) < 4.78 is 6.21. The van der Waals surface area contributed by atoms with E-state index in [0.717, 1.165) is 5.69 Å². The highest BCUT2D eigenvalue weighted by Crippen LogP contribution is 2.04. The topological polar surface area (TPSA) is 102 Å². The number of amides is 2. The van der Waals surface area contributed by atoms with E-state index < -0.39 is 17.9 Å². The molecular weight excluding hydrogens is 300 g/mol. The van der Waals surface area contributed by atoms with Crippen molar-refractivity contribution in [2.24, 2.45) is 5.92 Å². The van der Waals surface area contributed by atoms with Crippen LogP contribution in [0.3, 0.4) is 0 Å². The molecule has 8 heteroatoms. The summed E-state index contributed by atoms with van der Waals surface area (Å²) in [6.45, 7) is 7.58. The average Bonchev–Trinajstić information content (AvgIpc) is 2.90. The van der Waals surface area contributed by atoms with Crippen molar-refractivity contribution in [3.63, 3.8) is 0 Å². The second-order valence-corrected chi connectivity index (χ2v) is 5.48. The monoisotopic (exact) mass is 324 g/mol. The van der Waals surface area contributed by atoms with E-state index in [1.165, 1.54) is 7.11 Å². The Morgan fingerprint density at radius 1 is 1.35 bits per heavy atom. The van der Waals surface area contributed by atoms with Crippen LogP contribution in [0.2, 0.25) is 0 Å². The second kappa shape index (κ2) is 8.30. The van der Waals surface area contributed by atoms with Crippen molar-refractivity contribution in [2.75, 3.05) is 13.7 Å². The number of rotatable bonds is 7. The lowest BCUT2D eigenvalue weighted by Crippen LogP contribution is -2.48. The van der Waals surface area contributed by atoms with Crippen molar-refractivity contribution in [2.45, 2.75) is 40.3 Å². The van der Waals surface area contributed by atoms with Crippen LogP contribution in [-0.2, 0) is 20.9 Å². The molecule has 0 aliphatic carbocycles. The van der Waals surface area contributed by atoms with Crippen molar-refractivity contribution in [3.05, 3.63) is 17.5 Å². The molecule has 0 saturated heterocycles. The zero-order chi connectivity index (χ0) is 17.6. The molecule has 0 bridgehead atoms. The maximum atomic E-state index is 12.1. The standard InChI is InChI=1S/C15H24N4O4/c1-6-19-11(7-10(4)18-19)14(21)16-8-12(20)17-13(9(2)3)15(22)23-5/h7,9,13H,6,8H2,1-5H3,(H,16,21)(H,17,20). The van der Waals surface area contributed by atoms with Crippen molar-refractivity contribution >= 4 is 17.8 Å². The predicted octanol–water partition coefficient (Wildman–Crippen LogP) is 0.255. The summed E-state index contributed by atoms with van der Waals surface area (Å²) in [5.41, 5.74) is 1.12. The van der Waals surface area contributed by atoms with Crippen LogP contribution < -0.4 is 10.6 Å². The first-order chi connectivity index (χ1) is 10.8. The SMILES string of the molecule is CCn1nc(C)cc1C(=O)NCC(=O)NC(C(=O)OC)C(C)C. The largest absolute Gasteiger partial charge is 0.467 e. The molecule has 8 nitrogen and oxygen atoms in total. The van der Waals surface area contributed by atoms with Gasteiger partial charge in [0, 0.05) is 6.54 Å². The summed E-state index contributed by atoms with van der Waals surface area (Å²) >= 11 is 0. The molecule has 2 N–H and O–H groups in total. The van der Waals surface area contributed by atoms with Gasteiger partial charge >= 0.3 is 5.97 Å². The highest BCUT2D eigenvalue weighted by molar-refractivity contribution is 5.95. The number of carbonyl (C=O) groups excluding carboxylic acids is 3. The number of ether oxygens (including phenoxy) is 1. The summed E-state index contributed by atoms with van der Waals surface area (Å²) in [4.78, 5) is 35.6. The van der Waals surface area contributed by atoms with Crippen LogP contribution in [-0.4, -0.2) is 47.3 Å². The molecule has 2 amide bonds. The van der Waals surface area contributed by atoms with Gasteiger partial charge in [0.2, 0.25) is 5.91 Å². The number of nitrogens with zero attached hydrogens (tertiary/aromatic N) is 2. The van der Waals surface area contributed by atoms with Crippen molar-refractivity contribution < 1.29 is 19.1 Å². The van der Waals surface area contributed by atoms with E-state index in [2.05, 4.69) is 20.5 Å². The molecule has 0 aromatic carbocycles. The summed E-state index contributed by atoms with van der Waals surface area (Å²) in [5, 5.41) is 9.26. The van der Waals surface area contributed by atoms with Crippen molar-refractivity contribution in [1.29, 1.82) is 0 Å². The van der Waals surface area contributed by atoms with Gasteiger partial charge < -0.3 is 15.4 Å². The second-order valence-electron chi connectivity index (χ2n) is 5.48. The van der Waals surface area contributed by atoms with Gasteiger partial charge in [0.1, 0.15) is 11.7 Å². The minimum Gasteiger partial charge on any atom is -0.467 e. The fourth-order valence-electron chi connectivity index (χ4n) is 2.07. The molecule has 0 fully saturated rings. The fourth-order valence-corrected chi connectivity index (χ4v) is 2.07. The molecule has 1 unspecified atom stereocenters. The summed E-state index contributed by atoms with van der Waals surface area (Å²) in [6, 6.07) is 0.912. The van der Waals surface area contributed by atoms with Crippen molar-refractivity contribution in [3.8, 4) is 0 Å². The van der Waals surface area contributed by atoms with E-state index in [1.807, 2.05) is 6.92 Å². The Morgan fingerprint density at radius 2 is 2.00 bits per heavy atom. The first-order valence-electron chi connectivity index (χ1n) is 7.50. The van der Waals surface area contributed by atoms with Gasteiger partial charge in [0.05, 0.1) is 19.3 Å². The summed E-state index contributed by atoms with van der Waals surface area (Å²) in [6.07, 6.45) is 0. The molecule has 0 aliphatic rings. The minimum atomic E-state index is -0.743. The number of aromatic nitrogens is 2. The molecule has 0 aliphatic heterocycles. The van der Waals surface area contributed by atoms with Crippen LogP contribution in [0.4, 0.5) is 0 Å². The van der Waals surface area contributed by atoms with Crippen LogP contribution in [0.1, 0.15) is 37.0 Å². The third-order valence-electron chi connectivity index (χ3n) is 3.28. The van der Waals surface area contributed by atoms with E-state index >= 15 is 0 Å². The van der Waals surface area contributed by atoms with Gasteiger partial charge in [-0.1, -0.05) is 13.8 Å². The van der Waals surface area contributed by atoms with Crippen LogP contribution in [0.5, 0.6) is 0 Å². The Bertz CT molecular complexity index is 580. The number of hydrogen-bond donors (Lipinski definition) is 2. The lowest BCUT2D eigenvalue weighted by atomic mass is 10.0. The van der Waals surface area contributed by atoms with Gasteiger partial charge in [-0.25, -0.2) is 4.79 Å². The maximum absolute atomic E-state index is 12.1.